The fraction of sp³-hybridized carbons (Fsp3) is 0.211. The van der Waals surface area contributed by atoms with Gasteiger partial charge in [0, 0.05) is 25.3 Å². The minimum Gasteiger partial charge on any atom is -0.383 e. The summed E-state index contributed by atoms with van der Waals surface area (Å²) in [5, 5.41) is 1.93. The van der Waals surface area contributed by atoms with Crippen molar-refractivity contribution in [2.75, 3.05) is 13.7 Å². The smallest absolute Gasteiger partial charge is 0.262 e. The van der Waals surface area contributed by atoms with Crippen molar-refractivity contribution in [2.24, 2.45) is 0 Å². The summed E-state index contributed by atoms with van der Waals surface area (Å²) in [7, 11) is 1.62. The van der Waals surface area contributed by atoms with Crippen molar-refractivity contribution >= 4 is 39.9 Å². The van der Waals surface area contributed by atoms with Gasteiger partial charge in [0.15, 0.2) is 5.16 Å². The first kappa shape index (κ1) is 18.0. The van der Waals surface area contributed by atoms with Gasteiger partial charge in [0.2, 0.25) is 0 Å². The van der Waals surface area contributed by atoms with Crippen molar-refractivity contribution in [1.82, 2.24) is 18.9 Å². The number of rotatable bonds is 6. The van der Waals surface area contributed by atoms with Crippen LogP contribution in [-0.4, -0.2) is 32.7 Å². The average molecular weight is 401 g/mol. The van der Waals surface area contributed by atoms with Gasteiger partial charge in [-0.25, -0.2) is 9.97 Å². The van der Waals surface area contributed by atoms with Crippen LogP contribution in [0.25, 0.3) is 16.6 Å². The second kappa shape index (κ2) is 7.72. The summed E-state index contributed by atoms with van der Waals surface area (Å²) < 4.78 is 8.72. The van der Waals surface area contributed by atoms with Crippen molar-refractivity contribution < 1.29 is 4.74 Å². The molecule has 0 amide bonds. The second-order valence-electron chi connectivity index (χ2n) is 5.99. The first-order valence-corrected chi connectivity index (χ1v) is 9.76. The molecular formula is C19H17ClN4O2S. The summed E-state index contributed by atoms with van der Waals surface area (Å²) in [5.41, 5.74) is 2.36. The number of fused-ring (bicyclic) bond motifs is 2. The Hall–Kier alpha value is -2.35. The molecule has 0 aliphatic carbocycles. The number of hydrogen-bond acceptors (Lipinski definition) is 5. The molecule has 0 spiro atoms. The Kier molecular flexibility index (Phi) is 5.15. The maximum absolute atomic E-state index is 12.9. The first-order valence-electron chi connectivity index (χ1n) is 8.40. The predicted octanol–water partition coefficient (Wildman–Crippen LogP) is 3.64. The Balaban J connectivity index is 1.67. The average Bonchev–Trinajstić information content (AvgIpc) is 3.08. The van der Waals surface area contributed by atoms with Gasteiger partial charge >= 0.3 is 0 Å². The number of imidazole rings is 1. The van der Waals surface area contributed by atoms with Crippen LogP contribution in [0.15, 0.2) is 58.7 Å². The van der Waals surface area contributed by atoms with Gasteiger partial charge in [0.1, 0.15) is 5.65 Å². The van der Waals surface area contributed by atoms with Crippen LogP contribution in [0.5, 0.6) is 0 Å². The lowest BCUT2D eigenvalue weighted by molar-refractivity contribution is 0.183. The molecule has 0 bridgehead atoms. The van der Waals surface area contributed by atoms with Gasteiger partial charge in [-0.15, -0.1) is 0 Å². The van der Waals surface area contributed by atoms with E-state index in [1.807, 2.05) is 47.1 Å². The molecule has 0 radical (unpaired) electrons. The number of methoxy groups -OCH3 is 1. The van der Waals surface area contributed by atoms with E-state index in [-0.39, 0.29) is 5.56 Å². The fourth-order valence-corrected chi connectivity index (χ4v) is 3.94. The molecule has 0 fully saturated rings. The molecule has 0 aliphatic heterocycles. The number of hydrogen-bond donors (Lipinski definition) is 0. The molecule has 0 aliphatic rings. The van der Waals surface area contributed by atoms with Crippen molar-refractivity contribution in [2.45, 2.75) is 17.5 Å². The van der Waals surface area contributed by atoms with E-state index in [0.29, 0.717) is 40.0 Å². The minimum absolute atomic E-state index is 0.0538. The topological polar surface area (TPSA) is 61.4 Å². The number of ether oxygens (including phenoxy) is 1. The maximum Gasteiger partial charge on any atom is 0.262 e. The monoisotopic (exact) mass is 400 g/mol. The molecule has 0 saturated heterocycles. The summed E-state index contributed by atoms with van der Waals surface area (Å²) in [6.45, 7) is 0.899. The molecule has 0 unspecified atom stereocenters. The predicted molar refractivity (Wildman–Crippen MR) is 108 cm³/mol. The number of halogens is 1. The SMILES string of the molecule is COCCn1c(SCc2cn3cc(Cl)ccc3n2)nc2ccccc2c1=O. The van der Waals surface area contributed by atoms with E-state index in [4.69, 9.17) is 16.3 Å². The number of pyridine rings is 1. The number of thioether (sulfide) groups is 1. The largest absolute Gasteiger partial charge is 0.383 e. The Morgan fingerprint density at radius 2 is 2.00 bits per heavy atom. The lowest BCUT2D eigenvalue weighted by Gasteiger charge is -2.12. The van der Waals surface area contributed by atoms with Crippen LogP contribution >= 0.6 is 23.4 Å². The molecule has 0 atom stereocenters. The van der Waals surface area contributed by atoms with Crippen LogP contribution in [0.4, 0.5) is 0 Å². The molecule has 0 N–H and O–H groups in total. The van der Waals surface area contributed by atoms with Crippen molar-refractivity contribution in [3.05, 3.63) is 69.9 Å². The Morgan fingerprint density at radius 1 is 1.15 bits per heavy atom. The van der Waals surface area contributed by atoms with Crippen molar-refractivity contribution in [3.63, 3.8) is 0 Å². The molecule has 0 saturated carbocycles. The zero-order valence-corrected chi connectivity index (χ0v) is 16.2. The lowest BCUT2D eigenvalue weighted by Crippen LogP contribution is -2.25. The van der Waals surface area contributed by atoms with Crippen LogP contribution < -0.4 is 5.56 Å². The summed E-state index contributed by atoms with van der Waals surface area (Å²) in [6.07, 6.45) is 3.76. The van der Waals surface area contributed by atoms with Gasteiger partial charge in [-0.1, -0.05) is 35.5 Å². The zero-order chi connectivity index (χ0) is 18.8. The molecule has 138 valence electrons. The van der Waals surface area contributed by atoms with E-state index in [9.17, 15) is 4.79 Å². The molecule has 3 aromatic heterocycles. The van der Waals surface area contributed by atoms with Crippen LogP contribution in [0.1, 0.15) is 5.69 Å². The van der Waals surface area contributed by atoms with Gasteiger partial charge in [-0.05, 0) is 24.3 Å². The van der Waals surface area contributed by atoms with Crippen LogP contribution in [0, 0.1) is 0 Å². The van der Waals surface area contributed by atoms with Crippen molar-refractivity contribution in [1.29, 1.82) is 0 Å². The first-order chi connectivity index (χ1) is 13.2. The maximum atomic E-state index is 12.9. The normalized spacial score (nSPS) is 11.5. The number of para-hydroxylation sites is 1. The van der Waals surface area contributed by atoms with E-state index in [1.54, 1.807) is 17.7 Å². The lowest BCUT2D eigenvalue weighted by atomic mass is 10.2. The van der Waals surface area contributed by atoms with Gasteiger partial charge < -0.3 is 9.14 Å². The third kappa shape index (κ3) is 3.71. The fourth-order valence-electron chi connectivity index (χ4n) is 2.86. The van der Waals surface area contributed by atoms with Gasteiger partial charge in [0.05, 0.1) is 34.8 Å². The van der Waals surface area contributed by atoms with Gasteiger partial charge in [-0.3, -0.25) is 9.36 Å². The second-order valence-corrected chi connectivity index (χ2v) is 7.37. The Labute approximate surface area is 164 Å². The molecule has 27 heavy (non-hydrogen) atoms. The standard InChI is InChI=1S/C19H17ClN4O2S/c1-26-9-8-24-18(25)15-4-2-3-5-16(15)22-19(24)27-12-14-11-23-10-13(20)6-7-17(23)21-14/h2-7,10-11H,8-9,12H2,1H3. The van der Waals surface area contributed by atoms with Gasteiger partial charge in [0.25, 0.3) is 5.56 Å². The quantitative estimate of drug-likeness (QED) is 0.365. The third-order valence-electron chi connectivity index (χ3n) is 4.16. The van der Waals surface area contributed by atoms with Crippen LogP contribution in [-0.2, 0) is 17.0 Å². The molecule has 1 aromatic carbocycles. The summed E-state index contributed by atoms with van der Waals surface area (Å²) in [5.74, 6) is 0.594. The van der Waals surface area contributed by atoms with E-state index in [1.165, 1.54) is 11.8 Å². The van der Waals surface area contributed by atoms with Crippen LogP contribution in [0.3, 0.4) is 0 Å². The highest BCUT2D eigenvalue weighted by Gasteiger charge is 2.12. The Bertz CT molecular complexity index is 1170. The van der Waals surface area contributed by atoms with E-state index in [0.717, 1.165) is 11.3 Å². The van der Waals surface area contributed by atoms with E-state index >= 15 is 0 Å². The zero-order valence-electron chi connectivity index (χ0n) is 14.6. The number of benzene rings is 1. The summed E-state index contributed by atoms with van der Waals surface area (Å²) >= 11 is 7.52. The highest BCUT2D eigenvalue weighted by molar-refractivity contribution is 7.98. The molecular weight excluding hydrogens is 384 g/mol. The molecule has 4 rings (SSSR count). The third-order valence-corrected chi connectivity index (χ3v) is 5.39. The summed E-state index contributed by atoms with van der Waals surface area (Å²) in [4.78, 5) is 22.1. The van der Waals surface area contributed by atoms with Crippen molar-refractivity contribution in [3.8, 4) is 0 Å². The van der Waals surface area contributed by atoms with Crippen LogP contribution in [0.2, 0.25) is 5.02 Å². The van der Waals surface area contributed by atoms with E-state index < -0.39 is 0 Å². The number of aromatic nitrogens is 4. The Morgan fingerprint density at radius 3 is 2.85 bits per heavy atom. The molecule has 4 aromatic rings. The summed E-state index contributed by atoms with van der Waals surface area (Å²) in [6, 6.07) is 11.1. The van der Waals surface area contributed by atoms with E-state index in [2.05, 4.69) is 9.97 Å². The highest BCUT2D eigenvalue weighted by Crippen LogP contribution is 2.22. The minimum atomic E-state index is -0.0538. The highest BCUT2D eigenvalue weighted by atomic mass is 35.5. The van der Waals surface area contributed by atoms with Gasteiger partial charge in [-0.2, -0.15) is 0 Å². The molecule has 8 heteroatoms. The number of nitrogens with zero attached hydrogens (tertiary/aromatic N) is 4. The molecule has 6 nitrogen and oxygen atoms in total. The molecule has 3 heterocycles.